The van der Waals surface area contributed by atoms with Crippen LogP contribution in [-0.2, 0) is 0 Å². The minimum atomic E-state index is 0.588. The summed E-state index contributed by atoms with van der Waals surface area (Å²) in [7, 11) is 0. The van der Waals surface area contributed by atoms with Gasteiger partial charge in [-0.3, -0.25) is 0 Å². The Balaban J connectivity index is 2.43. The van der Waals surface area contributed by atoms with Crippen LogP contribution in [0.3, 0.4) is 0 Å². The quantitative estimate of drug-likeness (QED) is 0.687. The van der Waals surface area contributed by atoms with Gasteiger partial charge in [-0.15, -0.1) is 0 Å². The lowest BCUT2D eigenvalue weighted by Crippen LogP contribution is -2.36. The Morgan fingerprint density at radius 1 is 1.24 bits per heavy atom. The van der Waals surface area contributed by atoms with Gasteiger partial charge in [0.15, 0.2) is 0 Å². The topological polar surface area (TPSA) is 12.0 Å². The van der Waals surface area contributed by atoms with Crippen molar-refractivity contribution in [2.45, 2.75) is 53.4 Å². The summed E-state index contributed by atoms with van der Waals surface area (Å²) < 4.78 is 0. The largest absolute Gasteiger partial charge is 0.317 e. The van der Waals surface area contributed by atoms with Gasteiger partial charge in [-0.05, 0) is 67.5 Å². The van der Waals surface area contributed by atoms with Crippen molar-refractivity contribution in [2.75, 3.05) is 24.6 Å². The first-order chi connectivity index (χ1) is 8.09. The highest BCUT2D eigenvalue weighted by molar-refractivity contribution is 7.99. The molecule has 0 amide bonds. The number of thioether (sulfide) groups is 1. The van der Waals surface area contributed by atoms with Crippen LogP contribution in [0.1, 0.15) is 53.4 Å². The summed E-state index contributed by atoms with van der Waals surface area (Å²) in [4.78, 5) is 0. The molecule has 1 fully saturated rings. The van der Waals surface area contributed by atoms with Crippen LogP contribution < -0.4 is 5.32 Å². The molecule has 1 N–H and O–H groups in total. The van der Waals surface area contributed by atoms with Crippen LogP contribution in [-0.4, -0.2) is 24.6 Å². The maximum atomic E-state index is 3.56. The van der Waals surface area contributed by atoms with Crippen molar-refractivity contribution >= 4 is 11.8 Å². The third-order valence-electron chi connectivity index (χ3n) is 4.17. The highest BCUT2D eigenvalue weighted by Crippen LogP contribution is 2.43. The zero-order valence-electron chi connectivity index (χ0n) is 12.2. The highest BCUT2D eigenvalue weighted by Gasteiger charge is 2.33. The Labute approximate surface area is 113 Å². The zero-order chi connectivity index (χ0) is 12.7. The average Bonchev–Trinajstić information content (AvgIpc) is 2.27. The predicted octanol–water partition coefficient (Wildman–Crippen LogP) is 4.18. The first kappa shape index (κ1) is 15.4. The summed E-state index contributed by atoms with van der Waals surface area (Å²) in [5.41, 5.74) is 0.588. The Morgan fingerprint density at radius 2 is 2.00 bits per heavy atom. The molecule has 1 aliphatic rings. The number of hydrogen-bond acceptors (Lipinski definition) is 2. The Hall–Kier alpha value is 0.310. The van der Waals surface area contributed by atoms with Gasteiger partial charge >= 0.3 is 0 Å². The second-order valence-corrected chi connectivity index (χ2v) is 7.61. The van der Waals surface area contributed by atoms with Crippen molar-refractivity contribution in [3.05, 3.63) is 0 Å². The molecule has 102 valence electrons. The molecule has 0 bridgehead atoms. The molecule has 1 saturated carbocycles. The minimum absolute atomic E-state index is 0.588. The lowest BCUT2D eigenvalue weighted by molar-refractivity contribution is 0.114. The fourth-order valence-corrected chi connectivity index (χ4v) is 3.86. The van der Waals surface area contributed by atoms with E-state index in [1.54, 1.807) is 0 Å². The fourth-order valence-electron chi connectivity index (χ4n) is 3.11. The SMILES string of the molecule is CCNCC1CCC(C)(C)CC1CCSCC. The lowest BCUT2D eigenvalue weighted by atomic mass is 9.66. The Bertz CT molecular complexity index is 203. The molecular weight excluding hydrogens is 226 g/mol. The second-order valence-electron chi connectivity index (χ2n) is 6.22. The molecule has 0 aromatic carbocycles. The van der Waals surface area contributed by atoms with Gasteiger partial charge in [0.05, 0.1) is 0 Å². The molecule has 2 atom stereocenters. The van der Waals surface area contributed by atoms with E-state index in [1.165, 1.54) is 43.7 Å². The van der Waals surface area contributed by atoms with E-state index in [1.807, 2.05) is 0 Å². The van der Waals surface area contributed by atoms with Gasteiger partial charge in [-0.1, -0.05) is 27.7 Å². The molecule has 0 aromatic heterocycles. The smallest absolute Gasteiger partial charge is 0.00180 e. The maximum Gasteiger partial charge on any atom is -0.00180 e. The summed E-state index contributed by atoms with van der Waals surface area (Å²) in [6.45, 7) is 11.8. The molecule has 0 saturated heterocycles. The van der Waals surface area contributed by atoms with Crippen molar-refractivity contribution < 1.29 is 0 Å². The molecule has 1 rings (SSSR count). The molecule has 0 aliphatic heterocycles. The van der Waals surface area contributed by atoms with Crippen molar-refractivity contribution in [3.8, 4) is 0 Å². The van der Waals surface area contributed by atoms with E-state index in [9.17, 15) is 0 Å². The third-order valence-corrected chi connectivity index (χ3v) is 5.10. The zero-order valence-corrected chi connectivity index (χ0v) is 13.0. The molecule has 1 nitrogen and oxygen atoms in total. The van der Waals surface area contributed by atoms with Gasteiger partial charge in [0.1, 0.15) is 0 Å². The molecule has 0 radical (unpaired) electrons. The summed E-state index contributed by atoms with van der Waals surface area (Å²) in [6.07, 6.45) is 5.72. The second kappa shape index (κ2) is 7.68. The van der Waals surface area contributed by atoms with E-state index in [0.29, 0.717) is 5.41 Å². The van der Waals surface area contributed by atoms with Crippen molar-refractivity contribution in [3.63, 3.8) is 0 Å². The van der Waals surface area contributed by atoms with E-state index in [0.717, 1.165) is 18.4 Å². The standard InChI is InChI=1S/C15H31NS/c1-5-16-12-14-7-9-15(3,4)11-13(14)8-10-17-6-2/h13-14,16H,5-12H2,1-4H3. The van der Waals surface area contributed by atoms with Crippen LogP contribution in [0.4, 0.5) is 0 Å². The van der Waals surface area contributed by atoms with Crippen molar-refractivity contribution in [1.29, 1.82) is 0 Å². The lowest BCUT2D eigenvalue weighted by Gasteiger charge is -2.41. The van der Waals surface area contributed by atoms with E-state index in [-0.39, 0.29) is 0 Å². The molecule has 2 unspecified atom stereocenters. The molecule has 1 aliphatic carbocycles. The Morgan fingerprint density at radius 3 is 2.65 bits per heavy atom. The van der Waals surface area contributed by atoms with Crippen molar-refractivity contribution in [2.24, 2.45) is 17.3 Å². The predicted molar refractivity (Wildman–Crippen MR) is 80.8 cm³/mol. The first-order valence-corrected chi connectivity index (χ1v) is 8.53. The number of rotatable bonds is 7. The molecule has 0 heterocycles. The van der Waals surface area contributed by atoms with Crippen molar-refractivity contribution in [1.82, 2.24) is 5.32 Å². The van der Waals surface area contributed by atoms with Gasteiger partial charge in [-0.25, -0.2) is 0 Å². The Kier molecular flexibility index (Phi) is 6.94. The van der Waals surface area contributed by atoms with Gasteiger partial charge in [0.25, 0.3) is 0 Å². The molecular formula is C15H31NS. The summed E-state index contributed by atoms with van der Waals surface area (Å²) >= 11 is 2.11. The first-order valence-electron chi connectivity index (χ1n) is 7.37. The van der Waals surface area contributed by atoms with Crippen LogP contribution in [0.5, 0.6) is 0 Å². The molecule has 2 heteroatoms. The molecule has 0 spiro atoms. The average molecular weight is 257 g/mol. The summed E-state index contributed by atoms with van der Waals surface area (Å²) in [5, 5.41) is 3.56. The van der Waals surface area contributed by atoms with E-state index in [2.05, 4.69) is 44.8 Å². The van der Waals surface area contributed by atoms with Crippen LogP contribution >= 0.6 is 11.8 Å². The number of nitrogens with one attached hydrogen (secondary N) is 1. The van der Waals surface area contributed by atoms with Crippen LogP contribution in [0.15, 0.2) is 0 Å². The molecule has 0 aromatic rings. The van der Waals surface area contributed by atoms with E-state index < -0.39 is 0 Å². The van der Waals surface area contributed by atoms with Gasteiger partial charge < -0.3 is 5.32 Å². The fraction of sp³-hybridized carbons (Fsp3) is 1.00. The maximum absolute atomic E-state index is 3.56. The minimum Gasteiger partial charge on any atom is -0.317 e. The van der Waals surface area contributed by atoms with Crippen LogP contribution in [0, 0.1) is 17.3 Å². The van der Waals surface area contributed by atoms with E-state index >= 15 is 0 Å². The monoisotopic (exact) mass is 257 g/mol. The summed E-state index contributed by atoms with van der Waals surface area (Å²) in [6, 6.07) is 0. The van der Waals surface area contributed by atoms with Gasteiger partial charge in [0, 0.05) is 0 Å². The highest BCUT2D eigenvalue weighted by atomic mass is 32.2. The summed E-state index contributed by atoms with van der Waals surface area (Å²) in [5.74, 6) is 4.52. The number of hydrogen-bond donors (Lipinski definition) is 1. The van der Waals surface area contributed by atoms with E-state index in [4.69, 9.17) is 0 Å². The van der Waals surface area contributed by atoms with Crippen LogP contribution in [0.2, 0.25) is 0 Å². The normalized spacial score (nSPS) is 28.2. The van der Waals surface area contributed by atoms with Gasteiger partial charge in [-0.2, -0.15) is 11.8 Å². The third kappa shape index (κ3) is 5.65. The van der Waals surface area contributed by atoms with Gasteiger partial charge in [0.2, 0.25) is 0 Å². The molecule has 17 heavy (non-hydrogen) atoms. The van der Waals surface area contributed by atoms with Crippen LogP contribution in [0.25, 0.3) is 0 Å².